The first-order chi connectivity index (χ1) is 14.8. The number of rotatable bonds is 5. The topological polar surface area (TPSA) is 91.8 Å². The van der Waals surface area contributed by atoms with E-state index in [0.29, 0.717) is 30.3 Å². The van der Waals surface area contributed by atoms with E-state index in [0.717, 1.165) is 29.5 Å². The molecule has 1 unspecified atom stereocenters. The summed E-state index contributed by atoms with van der Waals surface area (Å²) >= 11 is 0. The molecule has 0 bridgehead atoms. The van der Waals surface area contributed by atoms with E-state index in [2.05, 4.69) is 30.9 Å². The monoisotopic (exact) mass is 428 g/mol. The van der Waals surface area contributed by atoms with Crippen molar-refractivity contribution in [2.24, 2.45) is 0 Å². The van der Waals surface area contributed by atoms with E-state index in [1.165, 1.54) is 0 Å². The van der Waals surface area contributed by atoms with Crippen LogP contribution in [-0.4, -0.2) is 33.4 Å². The second-order valence-corrected chi connectivity index (χ2v) is 7.18. The van der Waals surface area contributed by atoms with Crippen LogP contribution in [0.3, 0.4) is 0 Å². The molecule has 1 fully saturated rings. The van der Waals surface area contributed by atoms with Crippen LogP contribution in [0.2, 0.25) is 0 Å². The van der Waals surface area contributed by atoms with Gasteiger partial charge in [-0.2, -0.15) is 13.2 Å². The summed E-state index contributed by atoms with van der Waals surface area (Å²) in [6.07, 6.45) is -1.03. The van der Waals surface area contributed by atoms with Crippen LogP contribution < -0.4 is 16.0 Å². The summed E-state index contributed by atoms with van der Waals surface area (Å²) in [5.41, 5.74) is 1.41. The van der Waals surface area contributed by atoms with Crippen molar-refractivity contribution in [2.45, 2.75) is 25.6 Å². The van der Waals surface area contributed by atoms with Crippen LogP contribution in [0.1, 0.15) is 17.5 Å². The van der Waals surface area contributed by atoms with E-state index in [1.807, 2.05) is 19.1 Å². The number of aryl methyl sites for hydroxylation is 1. The van der Waals surface area contributed by atoms with Gasteiger partial charge in [-0.25, -0.2) is 15.0 Å². The zero-order chi connectivity index (χ0) is 22.0. The Balaban J connectivity index is 1.53. The largest absolute Gasteiger partial charge is 0.416 e. The lowest BCUT2D eigenvalue weighted by Crippen LogP contribution is -2.29. The standard InChI is InChI=1S/C21H19F3N6O/c1-12-8-16(13-2-3-17(27-11-13)28-15-5-7-26-20(15)31)29-19(9-12)30-18-10-14(4-6-25-18)21(22,23)24/h2-4,6,8-11,15H,5,7H2,1H3,(H,26,31)(H,27,28)(H,25,29,30). The summed E-state index contributed by atoms with van der Waals surface area (Å²) in [6, 6.07) is 8.68. The van der Waals surface area contributed by atoms with Crippen LogP contribution in [0.5, 0.6) is 0 Å². The molecule has 1 amide bonds. The Bertz CT molecular complexity index is 1100. The minimum absolute atomic E-state index is 0.0476. The van der Waals surface area contributed by atoms with Gasteiger partial charge in [-0.05, 0) is 55.3 Å². The number of carbonyl (C=O) groups is 1. The number of anilines is 3. The second-order valence-electron chi connectivity index (χ2n) is 7.18. The lowest BCUT2D eigenvalue weighted by molar-refractivity contribution is -0.137. The van der Waals surface area contributed by atoms with E-state index in [1.54, 1.807) is 18.3 Å². The number of alkyl halides is 3. The number of carbonyl (C=O) groups excluding carboxylic acids is 1. The first-order valence-corrected chi connectivity index (χ1v) is 9.57. The lowest BCUT2D eigenvalue weighted by atomic mass is 10.1. The van der Waals surface area contributed by atoms with Gasteiger partial charge in [0.2, 0.25) is 5.91 Å². The van der Waals surface area contributed by atoms with Gasteiger partial charge < -0.3 is 16.0 Å². The molecule has 0 saturated carbocycles. The molecule has 0 aliphatic carbocycles. The van der Waals surface area contributed by atoms with Gasteiger partial charge in [0.1, 0.15) is 23.5 Å². The molecule has 31 heavy (non-hydrogen) atoms. The number of pyridine rings is 3. The van der Waals surface area contributed by atoms with E-state index < -0.39 is 11.7 Å². The van der Waals surface area contributed by atoms with Crippen LogP contribution in [-0.2, 0) is 11.0 Å². The molecule has 0 aromatic carbocycles. The van der Waals surface area contributed by atoms with E-state index in [9.17, 15) is 18.0 Å². The molecular weight excluding hydrogens is 409 g/mol. The van der Waals surface area contributed by atoms with Crippen LogP contribution in [0.25, 0.3) is 11.3 Å². The minimum Gasteiger partial charge on any atom is -0.358 e. The molecule has 3 N–H and O–H groups in total. The number of hydrogen-bond acceptors (Lipinski definition) is 6. The fourth-order valence-electron chi connectivity index (χ4n) is 3.23. The van der Waals surface area contributed by atoms with Gasteiger partial charge in [0, 0.05) is 24.5 Å². The average molecular weight is 428 g/mol. The average Bonchev–Trinajstić information content (AvgIpc) is 3.12. The SMILES string of the molecule is Cc1cc(Nc2cc(C(F)(F)F)ccn2)nc(-c2ccc(NC3CCNC3=O)nc2)c1. The van der Waals surface area contributed by atoms with Gasteiger partial charge in [0.05, 0.1) is 11.3 Å². The maximum Gasteiger partial charge on any atom is 0.416 e. The van der Waals surface area contributed by atoms with Crippen molar-refractivity contribution < 1.29 is 18.0 Å². The summed E-state index contributed by atoms with van der Waals surface area (Å²) in [6.45, 7) is 2.50. The number of amides is 1. The number of halogens is 3. The number of nitrogens with one attached hydrogen (secondary N) is 3. The molecule has 3 aromatic heterocycles. The normalized spacial score (nSPS) is 16.1. The Kier molecular flexibility index (Phi) is 5.45. The maximum absolute atomic E-state index is 12.9. The molecule has 0 spiro atoms. The molecule has 7 nitrogen and oxygen atoms in total. The predicted molar refractivity (Wildman–Crippen MR) is 110 cm³/mol. The molecule has 160 valence electrons. The van der Waals surface area contributed by atoms with Crippen LogP contribution in [0, 0.1) is 6.92 Å². The summed E-state index contributed by atoms with van der Waals surface area (Å²) in [5, 5.41) is 8.68. The molecule has 0 radical (unpaired) electrons. The fourth-order valence-corrected chi connectivity index (χ4v) is 3.23. The van der Waals surface area contributed by atoms with Gasteiger partial charge in [0.25, 0.3) is 0 Å². The van der Waals surface area contributed by atoms with E-state index >= 15 is 0 Å². The number of hydrogen-bond donors (Lipinski definition) is 3. The summed E-state index contributed by atoms with van der Waals surface area (Å²) in [7, 11) is 0. The molecule has 10 heteroatoms. The first-order valence-electron chi connectivity index (χ1n) is 9.57. The van der Waals surface area contributed by atoms with Crippen LogP contribution >= 0.6 is 0 Å². The van der Waals surface area contributed by atoms with Crippen molar-refractivity contribution in [3.63, 3.8) is 0 Å². The molecule has 4 rings (SSSR count). The Hall–Kier alpha value is -3.69. The molecule has 1 aliphatic rings. The van der Waals surface area contributed by atoms with Gasteiger partial charge in [-0.1, -0.05) is 0 Å². The van der Waals surface area contributed by atoms with Crippen LogP contribution in [0.15, 0.2) is 48.8 Å². The third-order valence-corrected chi connectivity index (χ3v) is 4.74. The van der Waals surface area contributed by atoms with E-state index in [-0.39, 0.29) is 17.8 Å². The highest BCUT2D eigenvalue weighted by molar-refractivity contribution is 5.86. The molecule has 1 aliphatic heterocycles. The summed E-state index contributed by atoms with van der Waals surface area (Å²) < 4.78 is 38.8. The Morgan fingerprint density at radius 1 is 1.06 bits per heavy atom. The third-order valence-electron chi connectivity index (χ3n) is 4.74. The highest BCUT2D eigenvalue weighted by atomic mass is 19.4. The quantitative estimate of drug-likeness (QED) is 0.571. The Morgan fingerprint density at radius 3 is 2.58 bits per heavy atom. The zero-order valence-corrected chi connectivity index (χ0v) is 16.5. The number of nitrogens with zero attached hydrogens (tertiary/aromatic N) is 3. The van der Waals surface area contributed by atoms with Crippen molar-refractivity contribution in [3.05, 3.63) is 59.9 Å². The summed E-state index contributed by atoms with van der Waals surface area (Å²) in [5.74, 6) is 0.938. The predicted octanol–water partition coefficient (Wildman–Crippen LogP) is 3.91. The Labute approximate surface area is 176 Å². The van der Waals surface area contributed by atoms with Gasteiger partial charge in [-0.3, -0.25) is 4.79 Å². The highest BCUT2D eigenvalue weighted by Gasteiger charge is 2.30. The minimum atomic E-state index is -4.45. The smallest absolute Gasteiger partial charge is 0.358 e. The number of aromatic nitrogens is 3. The van der Waals surface area contributed by atoms with Crippen molar-refractivity contribution in [1.82, 2.24) is 20.3 Å². The zero-order valence-electron chi connectivity index (χ0n) is 16.5. The third kappa shape index (κ3) is 4.90. The molecular formula is C21H19F3N6O. The molecule has 1 saturated heterocycles. The highest BCUT2D eigenvalue weighted by Crippen LogP contribution is 2.31. The Morgan fingerprint density at radius 2 is 1.90 bits per heavy atom. The van der Waals surface area contributed by atoms with E-state index in [4.69, 9.17) is 0 Å². The van der Waals surface area contributed by atoms with Crippen LogP contribution in [0.4, 0.5) is 30.6 Å². The van der Waals surface area contributed by atoms with Gasteiger partial charge in [-0.15, -0.1) is 0 Å². The van der Waals surface area contributed by atoms with Gasteiger partial charge in [0.15, 0.2) is 0 Å². The van der Waals surface area contributed by atoms with Gasteiger partial charge >= 0.3 is 6.18 Å². The molecule has 3 aromatic rings. The molecule has 1 atom stereocenters. The van der Waals surface area contributed by atoms with Crippen molar-refractivity contribution >= 4 is 23.4 Å². The molecule has 4 heterocycles. The summed E-state index contributed by atoms with van der Waals surface area (Å²) in [4.78, 5) is 24.4. The maximum atomic E-state index is 12.9. The first kappa shape index (κ1) is 20.6. The lowest BCUT2D eigenvalue weighted by Gasteiger charge is -2.12. The van der Waals surface area contributed by atoms with Crippen molar-refractivity contribution in [2.75, 3.05) is 17.2 Å². The van der Waals surface area contributed by atoms with Crippen molar-refractivity contribution in [3.8, 4) is 11.3 Å². The fraction of sp³-hybridized carbons (Fsp3) is 0.238. The van der Waals surface area contributed by atoms with Crippen molar-refractivity contribution in [1.29, 1.82) is 0 Å². The second kappa shape index (κ2) is 8.21.